The first-order valence-electron chi connectivity index (χ1n) is 6.69. The van der Waals surface area contributed by atoms with E-state index in [0.29, 0.717) is 11.4 Å². The fourth-order valence-corrected chi connectivity index (χ4v) is 2.33. The summed E-state index contributed by atoms with van der Waals surface area (Å²) in [6, 6.07) is 7.29. The van der Waals surface area contributed by atoms with E-state index < -0.39 is 0 Å². The van der Waals surface area contributed by atoms with Gasteiger partial charge in [-0.2, -0.15) is 0 Å². The molecule has 0 fully saturated rings. The van der Waals surface area contributed by atoms with Gasteiger partial charge in [-0.3, -0.25) is 9.59 Å². The fourth-order valence-electron chi connectivity index (χ4n) is 2.11. The molecule has 2 rings (SSSR count). The zero-order valence-electron chi connectivity index (χ0n) is 12.5. The van der Waals surface area contributed by atoms with Gasteiger partial charge in [-0.15, -0.1) is 0 Å². The molecule has 2 aromatic rings. The summed E-state index contributed by atoms with van der Waals surface area (Å²) in [5.74, 6) is -0.911. The van der Waals surface area contributed by atoms with Gasteiger partial charge in [0.15, 0.2) is 0 Å². The van der Waals surface area contributed by atoms with Gasteiger partial charge in [0.1, 0.15) is 11.5 Å². The molecule has 0 saturated carbocycles. The summed E-state index contributed by atoms with van der Waals surface area (Å²) in [6.07, 6.45) is 0. The summed E-state index contributed by atoms with van der Waals surface area (Å²) in [7, 11) is 0. The number of rotatable bonds is 3. The van der Waals surface area contributed by atoms with Crippen LogP contribution in [0.25, 0.3) is 11.1 Å². The number of halogens is 1. The Morgan fingerprint density at radius 2 is 1.48 bits per heavy atom. The van der Waals surface area contributed by atoms with Gasteiger partial charge < -0.3 is 20.8 Å². The summed E-state index contributed by atoms with van der Waals surface area (Å²) < 4.78 is 0. The van der Waals surface area contributed by atoms with Crippen molar-refractivity contribution in [2.24, 2.45) is 0 Å². The minimum atomic E-state index is -0.297. The Bertz CT molecular complexity index is 790. The minimum absolute atomic E-state index is 0.0237. The Kier molecular flexibility index (Phi) is 4.76. The maximum absolute atomic E-state index is 11.2. The molecule has 2 amide bonds. The third-order valence-electron chi connectivity index (χ3n) is 2.99. The van der Waals surface area contributed by atoms with Crippen LogP contribution in [0, 0.1) is 0 Å². The number of amides is 2. The van der Waals surface area contributed by atoms with Crippen LogP contribution in [0.3, 0.4) is 0 Å². The van der Waals surface area contributed by atoms with E-state index in [9.17, 15) is 19.8 Å². The normalized spacial score (nSPS) is 10.2. The molecule has 0 bridgehead atoms. The Morgan fingerprint density at radius 1 is 0.913 bits per heavy atom. The third kappa shape index (κ3) is 3.92. The number of nitrogens with one attached hydrogen (secondary N) is 2. The van der Waals surface area contributed by atoms with Crippen LogP contribution in [0.5, 0.6) is 11.5 Å². The zero-order valence-corrected chi connectivity index (χ0v) is 13.2. The number of anilines is 2. The van der Waals surface area contributed by atoms with Gasteiger partial charge in [0.05, 0.1) is 5.02 Å². The summed E-state index contributed by atoms with van der Waals surface area (Å²) in [6.45, 7) is 2.70. The maximum Gasteiger partial charge on any atom is 0.221 e. The molecule has 2 aromatic carbocycles. The van der Waals surface area contributed by atoms with Crippen molar-refractivity contribution in [2.45, 2.75) is 13.8 Å². The molecular weight excluding hydrogens is 320 g/mol. The second-order valence-corrected chi connectivity index (χ2v) is 5.36. The van der Waals surface area contributed by atoms with Crippen LogP contribution in [0.2, 0.25) is 5.02 Å². The first kappa shape index (κ1) is 16.6. The lowest BCUT2D eigenvalue weighted by Crippen LogP contribution is -2.06. The van der Waals surface area contributed by atoms with Crippen LogP contribution in [-0.2, 0) is 9.59 Å². The molecular formula is C16H15ClN2O4. The highest BCUT2D eigenvalue weighted by molar-refractivity contribution is 6.33. The van der Waals surface area contributed by atoms with Gasteiger partial charge in [0, 0.05) is 36.3 Å². The molecule has 0 radical (unpaired) electrons. The van der Waals surface area contributed by atoms with Crippen molar-refractivity contribution < 1.29 is 19.8 Å². The predicted molar refractivity (Wildman–Crippen MR) is 88.8 cm³/mol. The topological polar surface area (TPSA) is 98.7 Å². The number of phenolic OH excluding ortho intramolecular Hbond substituents is 2. The van der Waals surface area contributed by atoms with Gasteiger partial charge in [0.25, 0.3) is 0 Å². The quantitative estimate of drug-likeness (QED) is 0.647. The largest absolute Gasteiger partial charge is 0.507 e. The van der Waals surface area contributed by atoms with Crippen LogP contribution < -0.4 is 10.6 Å². The molecule has 0 aliphatic carbocycles. The van der Waals surface area contributed by atoms with Gasteiger partial charge in [-0.05, 0) is 30.3 Å². The molecule has 0 aromatic heterocycles. The van der Waals surface area contributed by atoms with E-state index in [2.05, 4.69) is 10.6 Å². The van der Waals surface area contributed by atoms with E-state index in [1.807, 2.05) is 0 Å². The molecule has 6 nitrogen and oxygen atoms in total. The molecule has 0 unspecified atom stereocenters. The van der Waals surface area contributed by atoms with E-state index in [0.717, 1.165) is 0 Å². The van der Waals surface area contributed by atoms with Gasteiger partial charge >= 0.3 is 0 Å². The van der Waals surface area contributed by atoms with E-state index in [-0.39, 0.29) is 39.5 Å². The van der Waals surface area contributed by atoms with Crippen LogP contribution in [0.15, 0.2) is 30.3 Å². The highest BCUT2D eigenvalue weighted by Gasteiger charge is 2.15. The van der Waals surface area contributed by atoms with Crippen molar-refractivity contribution in [3.63, 3.8) is 0 Å². The summed E-state index contributed by atoms with van der Waals surface area (Å²) in [5, 5.41) is 25.4. The molecule has 120 valence electrons. The minimum Gasteiger partial charge on any atom is -0.507 e. The highest BCUT2D eigenvalue weighted by atomic mass is 35.5. The number of phenols is 2. The SMILES string of the molecule is CC(=O)Nc1ccc(O)c(-c2cc(NC(C)=O)cc(Cl)c2O)c1. The lowest BCUT2D eigenvalue weighted by molar-refractivity contribution is -0.115. The van der Waals surface area contributed by atoms with Crippen LogP contribution in [-0.4, -0.2) is 22.0 Å². The average molecular weight is 335 g/mol. The Labute approximate surface area is 137 Å². The molecule has 0 spiro atoms. The maximum atomic E-state index is 11.2. The molecule has 0 aliphatic rings. The molecule has 4 N–H and O–H groups in total. The number of benzene rings is 2. The first-order chi connectivity index (χ1) is 10.8. The molecule has 23 heavy (non-hydrogen) atoms. The van der Waals surface area contributed by atoms with Crippen molar-refractivity contribution >= 4 is 34.8 Å². The molecule has 7 heteroatoms. The van der Waals surface area contributed by atoms with Gasteiger partial charge in [-0.25, -0.2) is 0 Å². The summed E-state index contributed by atoms with van der Waals surface area (Å²) in [4.78, 5) is 22.3. The van der Waals surface area contributed by atoms with Gasteiger partial charge in [-0.1, -0.05) is 11.6 Å². The predicted octanol–water partition coefficient (Wildman–Crippen LogP) is 3.34. The standard InChI is InChI=1S/C16H15ClN2O4/c1-8(20)18-10-3-4-15(22)12(5-10)13-6-11(19-9(2)21)7-14(17)16(13)23/h3-7,22-23H,1-2H3,(H,18,20)(H,19,21). The molecule has 0 heterocycles. The van der Waals surface area contributed by atoms with E-state index >= 15 is 0 Å². The monoisotopic (exact) mass is 334 g/mol. The second-order valence-electron chi connectivity index (χ2n) is 4.95. The second kappa shape index (κ2) is 6.58. The van der Waals surface area contributed by atoms with Crippen molar-refractivity contribution in [2.75, 3.05) is 10.6 Å². The molecule has 0 saturated heterocycles. The average Bonchev–Trinajstić information content (AvgIpc) is 2.44. The van der Waals surface area contributed by atoms with Crippen LogP contribution in [0.1, 0.15) is 13.8 Å². The number of aromatic hydroxyl groups is 2. The number of carbonyl (C=O) groups excluding carboxylic acids is 2. The lowest BCUT2D eigenvalue weighted by atomic mass is 10.0. The Balaban J connectivity index is 2.58. The third-order valence-corrected chi connectivity index (χ3v) is 3.28. The number of hydrogen-bond donors (Lipinski definition) is 4. The van der Waals surface area contributed by atoms with E-state index in [1.54, 1.807) is 0 Å². The summed E-state index contributed by atoms with van der Waals surface area (Å²) in [5.41, 5.74) is 1.32. The van der Waals surface area contributed by atoms with Crippen molar-refractivity contribution in [1.82, 2.24) is 0 Å². The first-order valence-corrected chi connectivity index (χ1v) is 7.07. The van der Waals surface area contributed by atoms with Crippen molar-refractivity contribution in [1.29, 1.82) is 0 Å². The molecule has 0 aliphatic heterocycles. The van der Waals surface area contributed by atoms with Crippen molar-refractivity contribution in [3.05, 3.63) is 35.4 Å². The number of hydrogen-bond acceptors (Lipinski definition) is 4. The zero-order chi connectivity index (χ0) is 17.1. The van der Waals surface area contributed by atoms with Crippen molar-refractivity contribution in [3.8, 4) is 22.6 Å². The Morgan fingerprint density at radius 3 is 2.09 bits per heavy atom. The lowest BCUT2D eigenvalue weighted by Gasteiger charge is -2.13. The van der Waals surface area contributed by atoms with E-state index in [4.69, 9.17) is 11.6 Å². The number of carbonyl (C=O) groups is 2. The fraction of sp³-hybridized carbons (Fsp3) is 0.125. The highest BCUT2D eigenvalue weighted by Crippen LogP contribution is 2.42. The van der Waals surface area contributed by atoms with E-state index in [1.165, 1.54) is 44.2 Å². The smallest absolute Gasteiger partial charge is 0.221 e. The van der Waals surface area contributed by atoms with Gasteiger partial charge in [0.2, 0.25) is 11.8 Å². The Hall–Kier alpha value is -2.73. The molecule has 0 atom stereocenters. The van der Waals surface area contributed by atoms with Crippen LogP contribution >= 0.6 is 11.6 Å². The van der Waals surface area contributed by atoms with Crippen LogP contribution in [0.4, 0.5) is 11.4 Å². The summed E-state index contributed by atoms with van der Waals surface area (Å²) >= 11 is 5.98.